The van der Waals surface area contributed by atoms with E-state index in [4.69, 9.17) is 5.73 Å². The van der Waals surface area contributed by atoms with Crippen molar-refractivity contribution in [3.8, 4) is 22.6 Å². The Morgan fingerprint density at radius 2 is 1.52 bits per heavy atom. The lowest BCUT2D eigenvalue weighted by atomic mass is 9.89. The average Bonchev–Trinajstić information content (AvgIpc) is 3.09. The highest BCUT2D eigenvalue weighted by atomic mass is 32.2. The molecule has 1 heterocycles. The molecule has 2 aromatic carbocycles. The molecule has 0 saturated heterocycles. The van der Waals surface area contributed by atoms with Crippen LogP contribution in [0.3, 0.4) is 0 Å². The number of aromatic hydroxyl groups is 2. The third kappa shape index (κ3) is 12.3. The molecule has 0 saturated carbocycles. The number of amides is 2. The quantitative estimate of drug-likeness (QED) is 0.125. The van der Waals surface area contributed by atoms with Gasteiger partial charge in [0.05, 0.1) is 17.4 Å². The van der Waals surface area contributed by atoms with Gasteiger partial charge in [-0.3, -0.25) is 14.4 Å². The predicted molar refractivity (Wildman–Crippen MR) is 200 cm³/mol. The van der Waals surface area contributed by atoms with E-state index in [9.17, 15) is 42.9 Å². The van der Waals surface area contributed by atoms with Crippen LogP contribution in [-0.4, -0.2) is 83.3 Å². The van der Waals surface area contributed by atoms with Gasteiger partial charge in [-0.15, -0.1) is 0 Å². The van der Waals surface area contributed by atoms with Crippen molar-refractivity contribution in [3.05, 3.63) is 47.5 Å². The minimum absolute atomic E-state index is 0.0391. The largest absolute Gasteiger partial charge is 0.507 e. The summed E-state index contributed by atoms with van der Waals surface area (Å²) in [6.45, 7) is 4.02. The van der Waals surface area contributed by atoms with E-state index < -0.39 is 57.3 Å². The number of nitrogens with one attached hydrogen (secondary N) is 1. The Bertz CT molecular complexity index is 1650. The number of nitrogens with zero attached hydrogens (tertiary/aromatic N) is 1. The summed E-state index contributed by atoms with van der Waals surface area (Å²) in [7, 11) is -2.21. The van der Waals surface area contributed by atoms with Crippen LogP contribution in [0, 0.1) is 11.8 Å². The number of carbonyl (C=O) groups is 4. The van der Waals surface area contributed by atoms with Gasteiger partial charge in [0.15, 0.2) is 15.6 Å². The number of benzene rings is 2. The first-order valence-corrected chi connectivity index (χ1v) is 20.4. The normalized spacial score (nSPS) is 18.7. The molecule has 3 rings (SSSR count). The van der Waals surface area contributed by atoms with Crippen molar-refractivity contribution < 1.29 is 42.9 Å². The number of hydrogen-bond acceptors (Lipinski definition) is 9. The van der Waals surface area contributed by atoms with Crippen molar-refractivity contribution in [2.75, 3.05) is 25.1 Å². The van der Waals surface area contributed by atoms with Gasteiger partial charge in [-0.25, -0.2) is 13.2 Å². The van der Waals surface area contributed by atoms with Crippen LogP contribution in [0.1, 0.15) is 108 Å². The van der Waals surface area contributed by atoms with Crippen LogP contribution in [0.15, 0.2) is 36.4 Å². The smallest absolute Gasteiger partial charge is 0.326 e. The Morgan fingerprint density at radius 1 is 0.904 bits per heavy atom. The lowest BCUT2D eigenvalue weighted by Crippen LogP contribution is -2.46. The fourth-order valence-electron chi connectivity index (χ4n) is 6.82. The van der Waals surface area contributed by atoms with Gasteiger partial charge >= 0.3 is 5.97 Å². The van der Waals surface area contributed by atoms with E-state index in [2.05, 4.69) is 12.2 Å². The first-order valence-electron chi connectivity index (χ1n) is 18.6. The number of phenols is 2. The van der Waals surface area contributed by atoms with Crippen LogP contribution in [0.5, 0.6) is 11.5 Å². The van der Waals surface area contributed by atoms with Gasteiger partial charge < -0.3 is 31.3 Å². The average molecular weight is 744 g/mol. The fraction of sp³-hybridized carbons (Fsp3) is 0.590. The molecule has 1 aliphatic rings. The number of hydrogen-bond donors (Lipinski definition) is 5. The van der Waals surface area contributed by atoms with E-state index in [1.807, 2.05) is 0 Å². The summed E-state index contributed by atoms with van der Waals surface area (Å²) in [4.78, 5) is 55.0. The molecule has 288 valence electrons. The van der Waals surface area contributed by atoms with Crippen molar-refractivity contribution >= 4 is 33.4 Å². The number of sulfone groups is 1. The molecule has 13 heteroatoms. The molecule has 52 heavy (non-hydrogen) atoms. The first kappa shape index (κ1) is 42.4. The second kappa shape index (κ2) is 20.3. The van der Waals surface area contributed by atoms with Crippen molar-refractivity contribution in [2.24, 2.45) is 17.6 Å². The number of likely N-dealkylation sites (N-methyl/N-ethyl adjacent to an activating group) is 1. The van der Waals surface area contributed by atoms with Crippen molar-refractivity contribution in [2.45, 2.75) is 109 Å². The number of fused-ring (bicyclic) bond motifs is 5. The molecule has 0 aromatic heterocycles. The molecular formula is C39H57N3O9S. The zero-order chi connectivity index (χ0) is 38.4. The highest BCUT2D eigenvalue weighted by molar-refractivity contribution is 7.91. The van der Waals surface area contributed by atoms with E-state index in [0.29, 0.717) is 31.4 Å². The zero-order valence-electron chi connectivity index (χ0n) is 30.8. The van der Waals surface area contributed by atoms with E-state index >= 15 is 0 Å². The Hall–Kier alpha value is -3.97. The molecule has 2 aromatic rings. The first-order chi connectivity index (χ1) is 24.7. The fourth-order valence-corrected chi connectivity index (χ4v) is 8.55. The zero-order valence-corrected chi connectivity index (χ0v) is 31.6. The van der Waals surface area contributed by atoms with Gasteiger partial charge in [0.25, 0.3) is 0 Å². The van der Waals surface area contributed by atoms with Gasteiger partial charge in [-0.05, 0) is 61.2 Å². The van der Waals surface area contributed by atoms with Gasteiger partial charge in [0.1, 0.15) is 23.6 Å². The number of aliphatic carboxylic acids is 1. The number of phenolic OH excluding ortho intramolecular Hbond substituents is 2. The lowest BCUT2D eigenvalue weighted by Gasteiger charge is -2.32. The minimum atomic E-state index is -3.63. The minimum Gasteiger partial charge on any atom is -0.507 e. The Labute approximate surface area is 308 Å². The van der Waals surface area contributed by atoms with Crippen LogP contribution >= 0.6 is 0 Å². The van der Waals surface area contributed by atoms with E-state index in [1.54, 1.807) is 0 Å². The Kier molecular flexibility index (Phi) is 16.6. The van der Waals surface area contributed by atoms with Crippen molar-refractivity contribution in [1.29, 1.82) is 0 Å². The molecule has 0 fully saturated rings. The van der Waals surface area contributed by atoms with Crippen molar-refractivity contribution in [1.82, 2.24) is 10.2 Å². The summed E-state index contributed by atoms with van der Waals surface area (Å²) in [5.74, 6) is -5.85. The highest BCUT2D eigenvalue weighted by Crippen LogP contribution is 2.39. The topological polar surface area (TPSA) is 204 Å². The van der Waals surface area contributed by atoms with E-state index in [1.165, 1.54) is 68.1 Å². The highest BCUT2D eigenvalue weighted by Gasteiger charge is 2.36. The van der Waals surface area contributed by atoms with E-state index in [-0.39, 0.29) is 59.0 Å². The predicted octanol–water partition coefficient (Wildman–Crippen LogP) is 5.29. The van der Waals surface area contributed by atoms with Gasteiger partial charge in [0.2, 0.25) is 11.8 Å². The standard InChI is InChI=1S/C39H57N3O9S/c1-4-5-6-7-8-9-10-13-20-52(50,51)25-29(14-11-12-19-40)38(47)42(3)36-28-16-18-34(44)31(24-28)30-22-27(15-17-33(30)43)23-32(39(48)49)41-37(46)26(2)21-35(36)45/h15-18,22,24,26,29,32,36,43-44H,4-14,19-21,23,25,40H2,1-3H3,(H,41,46)(H,48,49)/t26-,29-,32+,36+/m1/s1. The molecule has 12 nitrogen and oxygen atoms in total. The van der Waals surface area contributed by atoms with Gasteiger partial charge in [-0.1, -0.05) is 77.3 Å². The number of rotatable bonds is 18. The number of ketones is 1. The second-order valence-corrected chi connectivity index (χ2v) is 16.5. The van der Waals surface area contributed by atoms with E-state index in [0.717, 1.165) is 32.1 Å². The molecule has 6 N–H and O–H groups in total. The number of carboxylic acid groups (broad SMARTS) is 1. The Balaban J connectivity index is 1.98. The summed E-state index contributed by atoms with van der Waals surface area (Å²) >= 11 is 0. The monoisotopic (exact) mass is 743 g/mol. The second-order valence-electron chi connectivity index (χ2n) is 14.2. The molecule has 0 spiro atoms. The number of unbranched alkanes of at least 4 members (excludes halogenated alkanes) is 8. The summed E-state index contributed by atoms with van der Waals surface area (Å²) in [5.41, 5.74) is 6.77. The van der Waals surface area contributed by atoms with Crippen LogP contribution < -0.4 is 11.1 Å². The van der Waals surface area contributed by atoms with Crippen LogP contribution in [0.25, 0.3) is 11.1 Å². The maximum atomic E-state index is 14.3. The van der Waals surface area contributed by atoms with Crippen LogP contribution in [-0.2, 0) is 35.4 Å². The molecular weight excluding hydrogens is 687 g/mol. The third-order valence-corrected chi connectivity index (χ3v) is 11.7. The van der Waals surface area contributed by atoms with Crippen LogP contribution in [0.2, 0.25) is 0 Å². The van der Waals surface area contributed by atoms with Gasteiger partial charge in [-0.2, -0.15) is 0 Å². The van der Waals surface area contributed by atoms with Gasteiger partial charge in [0, 0.05) is 36.9 Å². The Morgan fingerprint density at radius 3 is 2.15 bits per heavy atom. The molecule has 4 bridgehead atoms. The van der Waals surface area contributed by atoms with Crippen molar-refractivity contribution in [3.63, 3.8) is 0 Å². The maximum Gasteiger partial charge on any atom is 0.326 e. The molecule has 1 aliphatic heterocycles. The molecule has 0 aliphatic carbocycles. The molecule has 4 atom stereocenters. The summed E-state index contributed by atoms with van der Waals surface area (Å²) < 4.78 is 26.8. The maximum absolute atomic E-state index is 14.3. The third-order valence-electron chi connectivity index (χ3n) is 9.86. The number of carbonyl (C=O) groups excluding carboxylic acids is 3. The number of carboxylic acids is 1. The summed E-state index contributed by atoms with van der Waals surface area (Å²) in [5, 5.41) is 34.1. The summed E-state index contributed by atoms with van der Waals surface area (Å²) in [6.07, 6.45) is 8.83. The van der Waals surface area contributed by atoms with Crippen LogP contribution in [0.4, 0.5) is 0 Å². The number of Topliss-reactive ketones (excluding diaryl/α,β-unsaturated/α-hetero) is 1. The summed E-state index contributed by atoms with van der Waals surface area (Å²) in [6, 6.07) is 6.03. The number of nitrogens with two attached hydrogens (primary N) is 1. The lowest BCUT2D eigenvalue weighted by molar-refractivity contribution is -0.143. The molecule has 0 radical (unpaired) electrons. The molecule has 2 amide bonds. The molecule has 0 unspecified atom stereocenters. The SMILES string of the molecule is CCCCCCCCCCS(=O)(=O)C[C@@H](CCCCN)C(=O)N(C)[C@@H]1C(=O)C[C@@H](C)C(=O)N[C@H](C(=O)O)Cc2ccc(O)c(c2)-c2cc1ccc2O.